The van der Waals surface area contributed by atoms with Gasteiger partial charge in [-0.25, -0.2) is 4.68 Å². The molecule has 0 spiro atoms. The quantitative estimate of drug-likeness (QED) is 0.650. The summed E-state index contributed by atoms with van der Waals surface area (Å²) in [7, 11) is 0. The molecule has 1 atom stereocenters. The van der Waals surface area contributed by atoms with E-state index in [4.69, 9.17) is 0 Å². The molecule has 2 aromatic carbocycles. The highest BCUT2D eigenvalue weighted by Crippen LogP contribution is 2.18. The lowest BCUT2D eigenvalue weighted by Gasteiger charge is -2.14. The first-order valence-corrected chi connectivity index (χ1v) is 9.50. The SMILES string of the molecule is C[C@H](NC(=O)CCn1nc(-c2ccc(Br)cc2)ccc1=O)c1ccccc1. The van der Waals surface area contributed by atoms with Gasteiger partial charge in [-0.1, -0.05) is 58.4 Å². The van der Waals surface area contributed by atoms with Crippen molar-refractivity contribution in [2.24, 2.45) is 0 Å². The van der Waals surface area contributed by atoms with E-state index in [0.717, 1.165) is 15.6 Å². The van der Waals surface area contributed by atoms with Crippen LogP contribution in [0.2, 0.25) is 0 Å². The molecule has 0 aliphatic rings. The van der Waals surface area contributed by atoms with Crippen LogP contribution in [0.25, 0.3) is 11.3 Å². The topological polar surface area (TPSA) is 64.0 Å². The first kappa shape index (κ1) is 19.0. The van der Waals surface area contributed by atoms with Crippen LogP contribution in [-0.4, -0.2) is 15.7 Å². The molecule has 0 aliphatic heterocycles. The smallest absolute Gasteiger partial charge is 0.266 e. The zero-order valence-corrected chi connectivity index (χ0v) is 16.5. The summed E-state index contributed by atoms with van der Waals surface area (Å²) in [5, 5.41) is 7.34. The highest BCUT2D eigenvalue weighted by atomic mass is 79.9. The zero-order chi connectivity index (χ0) is 19.2. The monoisotopic (exact) mass is 425 g/mol. The molecule has 0 aliphatic carbocycles. The highest BCUT2D eigenvalue weighted by molar-refractivity contribution is 9.10. The standard InChI is InChI=1S/C21H20BrN3O2/c1-15(16-5-3-2-4-6-16)23-20(26)13-14-25-21(27)12-11-19(24-25)17-7-9-18(22)10-8-17/h2-12,15H,13-14H2,1H3,(H,23,26)/t15-/m0/s1. The predicted octanol–water partition coefficient (Wildman–Crippen LogP) is 3.94. The summed E-state index contributed by atoms with van der Waals surface area (Å²) in [6, 6.07) is 20.5. The Balaban J connectivity index is 1.65. The third-order valence-corrected chi connectivity index (χ3v) is 4.76. The highest BCUT2D eigenvalue weighted by Gasteiger charge is 2.10. The van der Waals surface area contributed by atoms with E-state index < -0.39 is 0 Å². The van der Waals surface area contributed by atoms with Gasteiger partial charge in [0.25, 0.3) is 5.56 Å². The average molecular weight is 426 g/mol. The summed E-state index contributed by atoms with van der Waals surface area (Å²) in [4.78, 5) is 24.3. The molecule has 0 saturated carbocycles. The number of aromatic nitrogens is 2. The number of halogens is 1. The summed E-state index contributed by atoms with van der Waals surface area (Å²) in [6.45, 7) is 2.17. The summed E-state index contributed by atoms with van der Waals surface area (Å²) in [5.41, 5.74) is 2.42. The number of amides is 1. The van der Waals surface area contributed by atoms with E-state index in [0.29, 0.717) is 5.69 Å². The molecule has 0 saturated heterocycles. The molecule has 138 valence electrons. The van der Waals surface area contributed by atoms with E-state index in [-0.39, 0.29) is 30.5 Å². The van der Waals surface area contributed by atoms with Crippen molar-refractivity contribution in [3.05, 3.63) is 87.1 Å². The number of carbonyl (C=O) groups is 1. The Kier molecular flexibility index (Phi) is 6.19. The van der Waals surface area contributed by atoms with Crippen LogP contribution in [-0.2, 0) is 11.3 Å². The molecule has 0 radical (unpaired) electrons. The van der Waals surface area contributed by atoms with Crippen LogP contribution >= 0.6 is 15.9 Å². The fourth-order valence-corrected chi connectivity index (χ4v) is 2.99. The van der Waals surface area contributed by atoms with Crippen LogP contribution in [0.1, 0.15) is 24.9 Å². The minimum atomic E-state index is -0.222. The average Bonchev–Trinajstić information content (AvgIpc) is 2.68. The van der Waals surface area contributed by atoms with Gasteiger partial charge in [0.1, 0.15) is 0 Å². The molecular weight excluding hydrogens is 406 g/mol. The predicted molar refractivity (Wildman–Crippen MR) is 109 cm³/mol. The van der Waals surface area contributed by atoms with E-state index >= 15 is 0 Å². The lowest BCUT2D eigenvalue weighted by molar-refractivity contribution is -0.122. The Morgan fingerprint density at radius 1 is 1.07 bits per heavy atom. The van der Waals surface area contributed by atoms with Gasteiger partial charge in [0, 0.05) is 22.5 Å². The molecule has 5 nitrogen and oxygen atoms in total. The Bertz CT molecular complexity index is 969. The fourth-order valence-electron chi connectivity index (χ4n) is 2.73. The van der Waals surface area contributed by atoms with Crippen molar-refractivity contribution in [1.82, 2.24) is 15.1 Å². The van der Waals surface area contributed by atoms with Crippen molar-refractivity contribution in [3.8, 4) is 11.3 Å². The number of carbonyl (C=O) groups excluding carboxylic acids is 1. The van der Waals surface area contributed by atoms with E-state index in [1.807, 2.05) is 61.5 Å². The molecule has 1 heterocycles. The Hall–Kier alpha value is -2.73. The molecule has 3 rings (SSSR count). The van der Waals surface area contributed by atoms with Gasteiger partial charge in [0.05, 0.1) is 18.3 Å². The zero-order valence-electron chi connectivity index (χ0n) is 14.9. The third kappa shape index (κ3) is 5.14. The molecule has 1 aromatic heterocycles. The second-order valence-corrected chi connectivity index (χ2v) is 7.15. The van der Waals surface area contributed by atoms with Gasteiger partial charge < -0.3 is 5.32 Å². The van der Waals surface area contributed by atoms with Crippen molar-refractivity contribution in [2.45, 2.75) is 25.9 Å². The number of benzene rings is 2. The fraction of sp³-hybridized carbons (Fsp3) is 0.190. The van der Waals surface area contributed by atoms with Gasteiger partial charge >= 0.3 is 0 Å². The van der Waals surface area contributed by atoms with E-state index in [1.54, 1.807) is 6.07 Å². The van der Waals surface area contributed by atoms with E-state index in [2.05, 4.69) is 26.3 Å². The molecule has 0 unspecified atom stereocenters. The van der Waals surface area contributed by atoms with Crippen molar-refractivity contribution in [1.29, 1.82) is 0 Å². The van der Waals surface area contributed by atoms with Gasteiger partial charge in [-0.05, 0) is 30.7 Å². The van der Waals surface area contributed by atoms with E-state index in [1.165, 1.54) is 10.7 Å². The third-order valence-electron chi connectivity index (χ3n) is 4.23. The van der Waals surface area contributed by atoms with Crippen molar-refractivity contribution in [3.63, 3.8) is 0 Å². The van der Waals surface area contributed by atoms with Crippen LogP contribution in [0, 0.1) is 0 Å². The van der Waals surface area contributed by atoms with Crippen LogP contribution in [0.3, 0.4) is 0 Å². The maximum Gasteiger partial charge on any atom is 0.266 e. The summed E-state index contributed by atoms with van der Waals surface area (Å²) in [6.07, 6.45) is 0.188. The van der Waals surface area contributed by atoms with E-state index in [9.17, 15) is 9.59 Å². The summed E-state index contributed by atoms with van der Waals surface area (Å²) >= 11 is 3.40. The molecule has 6 heteroatoms. The lowest BCUT2D eigenvalue weighted by atomic mass is 10.1. The lowest BCUT2D eigenvalue weighted by Crippen LogP contribution is -2.30. The largest absolute Gasteiger partial charge is 0.350 e. The Morgan fingerprint density at radius 2 is 1.78 bits per heavy atom. The van der Waals surface area contributed by atoms with Crippen LogP contribution in [0.5, 0.6) is 0 Å². The van der Waals surface area contributed by atoms with Gasteiger partial charge in [-0.15, -0.1) is 0 Å². The van der Waals surface area contributed by atoms with Gasteiger partial charge in [0.2, 0.25) is 5.91 Å². The first-order chi connectivity index (χ1) is 13.0. The Labute approximate surface area is 166 Å². The van der Waals surface area contributed by atoms with Crippen LogP contribution in [0.4, 0.5) is 0 Å². The maximum atomic E-state index is 12.2. The molecule has 0 bridgehead atoms. The number of nitrogens with one attached hydrogen (secondary N) is 1. The second kappa shape index (κ2) is 8.77. The molecule has 0 fully saturated rings. The number of aryl methyl sites for hydroxylation is 1. The van der Waals surface area contributed by atoms with Crippen molar-refractivity contribution >= 4 is 21.8 Å². The maximum absolute atomic E-state index is 12.2. The molecular formula is C21H20BrN3O2. The number of rotatable bonds is 6. The van der Waals surface area contributed by atoms with Crippen molar-refractivity contribution in [2.75, 3.05) is 0 Å². The molecule has 3 aromatic rings. The minimum absolute atomic E-state index is 0.0857. The molecule has 1 amide bonds. The first-order valence-electron chi connectivity index (χ1n) is 8.71. The number of nitrogens with zero attached hydrogens (tertiary/aromatic N) is 2. The molecule has 1 N–H and O–H groups in total. The molecule has 27 heavy (non-hydrogen) atoms. The van der Waals surface area contributed by atoms with Gasteiger partial charge in [0.15, 0.2) is 0 Å². The van der Waals surface area contributed by atoms with Gasteiger partial charge in [-0.2, -0.15) is 5.10 Å². The van der Waals surface area contributed by atoms with Crippen LogP contribution < -0.4 is 10.9 Å². The summed E-state index contributed by atoms with van der Waals surface area (Å²) < 4.78 is 2.31. The number of hydrogen-bond acceptors (Lipinski definition) is 3. The normalized spacial score (nSPS) is 11.8. The second-order valence-electron chi connectivity index (χ2n) is 6.24. The Morgan fingerprint density at radius 3 is 2.48 bits per heavy atom. The van der Waals surface area contributed by atoms with Crippen molar-refractivity contribution < 1.29 is 4.79 Å². The number of hydrogen-bond donors (Lipinski definition) is 1. The van der Waals surface area contributed by atoms with Gasteiger partial charge in [-0.3, -0.25) is 9.59 Å². The van der Waals surface area contributed by atoms with Crippen LogP contribution in [0.15, 0.2) is 76.0 Å². The summed E-state index contributed by atoms with van der Waals surface area (Å²) in [5.74, 6) is -0.117. The minimum Gasteiger partial charge on any atom is -0.350 e.